The van der Waals surface area contributed by atoms with Gasteiger partial charge in [0.2, 0.25) is 0 Å². The molecular weight excluding hydrogens is 186 g/mol. The van der Waals surface area contributed by atoms with Gasteiger partial charge in [0.15, 0.2) is 0 Å². The minimum Gasteiger partial charge on any atom is -0.392 e. The van der Waals surface area contributed by atoms with Gasteiger partial charge in [0.25, 0.3) is 0 Å². The lowest BCUT2D eigenvalue weighted by Crippen LogP contribution is -1.79. The number of fused-ring (bicyclic) bond motifs is 3. The fourth-order valence-electron chi connectivity index (χ4n) is 2.06. The molecule has 2 heteroatoms. The van der Waals surface area contributed by atoms with E-state index in [9.17, 15) is 5.11 Å². The van der Waals surface area contributed by atoms with Crippen molar-refractivity contribution in [2.75, 3.05) is 0 Å². The topological polar surface area (TPSA) is 36.0 Å². The lowest BCUT2D eigenvalue weighted by atomic mass is 10.1. The smallest absolute Gasteiger partial charge is 0.0702 e. The fraction of sp³-hybridized carbons (Fsp3) is 0.0769. The van der Waals surface area contributed by atoms with Crippen molar-refractivity contribution < 1.29 is 5.11 Å². The van der Waals surface area contributed by atoms with E-state index in [1.807, 2.05) is 18.3 Å². The van der Waals surface area contributed by atoms with Crippen LogP contribution in [0, 0.1) is 0 Å². The van der Waals surface area contributed by atoms with Crippen LogP contribution in [0.25, 0.3) is 21.7 Å². The highest BCUT2D eigenvalue weighted by atomic mass is 16.3. The summed E-state index contributed by atoms with van der Waals surface area (Å²) in [6, 6.07) is 12.4. The molecule has 0 spiro atoms. The molecule has 0 atom stereocenters. The van der Waals surface area contributed by atoms with E-state index in [0.717, 1.165) is 16.5 Å². The van der Waals surface area contributed by atoms with Crippen LogP contribution in [0.4, 0.5) is 0 Å². The molecule has 2 N–H and O–H groups in total. The number of aromatic amines is 1. The lowest BCUT2D eigenvalue weighted by Gasteiger charge is -1.99. The summed E-state index contributed by atoms with van der Waals surface area (Å²) in [6.45, 7) is 0.0817. The van der Waals surface area contributed by atoms with Gasteiger partial charge in [-0.2, -0.15) is 0 Å². The van der Waals surface area contributed by atoms with Gasteiger partial charge < -0.3 is 10.1 Å². The van der Waals surface area contributed by atoms with Gasteiger partial charge in [0.05, 0.1) is 12.1 Å². The zero-order valence-electron chi connectivity index (χ0n) is 8.20. The van der Waals surface area contributed by atoms with Gasteiger partial charge in [-0.05, 0) is 5.39 Å². The van der Waals surface area contributed by atoms with E-state index in [1.165, 1.54) is 10.8 Å². The summed E-state index contributed by atoms with van der Waals surface area (Å²) in [4.78, 5) is 3.22. The van der Waals surface area contributed by atoms with Gasteiger partial charge in [-0.25, -0.2) is 0 Å². The van der Waals surface area contributed by atoms with Gasteiger partial charge in [-0.1, -0.05) is 36.4 Å². The number of rotatable bonds is 1. The molecule has 1 heterocycles. The first-order chi connectivity index (χ1) is 7.40. The van der Waals surface area contributed by atoms with Crippen molar-refractivity contribution in [3.8, 4) is 0 Å². The monoisotopic (exact) mass is 197 g/mol. The van der Waals surface area contributed by atoms with Crippen molar-refractivity contribution >= 4 is 21.7 Å². The van der Waals surface area contributed by atoms with Gasteiger partial charge in [-0.15, -0.1) is 0 Å². The van der Waals surface area contributed by atoms with Crippen LogP contribution in [0.2, 0.25) is 0 Å². The minimum absolute atomic E-state index is 0.0817. The highest BCUT2D eigenvalue weighted by Gasteiger charge is 2.05. The van der Waals surface area contributed by atoms with E-state index in [1.54, 1.807) is 0 Å². The maximum atomic E-state index is 9.18. The number of nitrogens with one attached hydrogen (secondary N) is 1. The van der Waals surface area contributed by atoms with Crippen molar-refractivity contribution in [2.45, 2.75) is 6.61 Å². The van der Waals surface area contributed by atoms with Crippen LogP contribution in [-0.2, 0) is 6.61 Å². The summed E-state index contributed by atoms with van der Waals surface area (Å²) in [7, 11) is 0. The highest BCUT2D eigenvalue weighted by Crippen LogP contribution is 2.26. The second kappa shape index (κ2) is 3.11. The highest BCUT2D eigenvalue weighted by molar-refractivity contribution is 6.06. The summed E-state index contributed by atoms with van der Waals surface area (Å²) in [5.41, 5.74) is 2.06. The van der Waals surface area contributed by atoms with Crippen LogP contribution in [-0.4, -0.2) is 10.1 Å². The third-order valence-corrected chi connectivity index (χ3v) is 2.84. The van der Waals surface area contributed by atoms with E-state index < -0.39 is 0 Å². The number of aliphatic hydroxyl groups is 1. The van der Waals surface area contributed by atoms with E-state index >= 15 is 0 Å². The molecule has 3 rings (SSSR count). The Bertz CT molecular complexity index is 625. The van der Waals surface area contributed by atoms with Crippen molar-refractivity contribution in [2.24, 2.45) is 0 Å². The first-order valence-corrected chi connectivity index (χ1v) is 4.99. The third kappa shape index (κ3) is 1.15. The quantitative estimate of drug-likeness (QED) is 0.618. The molecule has 3 aromatic rings. The molecule has 74 valence electrons. The van der Waals surface area contributed by atoms with Crippen molar-refractivity contribution in [1.29, 1.82) is 0 Å². The Balaban J connectivity index is 2.50. The number of aromatic nitrogens is 1. The molecule has 15 heavy (non-hydrogen) atoms. The Kier molecular flexibility index (Phi) is 1.76. The molecule has 2 nitrogen and oxygen atoms in total. The molecule has 0 unspecified atom stereocenters. The minimum atomic E-state index is 0.0817. The standard InChI is InChI=1S/C13H11NO/c15-8-10-7-14-13-11-4-2-1-3-9(11)5-6-12(10)13/h1-7,14-15H,8H2. The average molecular weight is 197 g/mol. The van der Waals surface area contributed by atoms with E-state index in [2.05, 4.69) is 29.2 Å². The molecule has 1 aromatic heterocycles. The number of benzene rings is 2. The van der Waals surface area contributed by atoms with Crippen LogP contribution in [0.1, 0.15) is 5.56 Å². The first-order valence-electron chi connectivity index (χ1n) is 4.99. The zero-order chi connectivity index (χ0) is 10.3. The lowest BCUT2D eigenvalue weighted by molar-refractivity contribution is 0.283. The van der Waals surface area contributed by atoms with Crippen LogP contribution >= 0.6 is 0 Å². The summed E-state index contributed by atoms with van der Waals surface area (Å²) in [6.07, 6.45) is 1.87. The predicted octanol–water partition coefficient (Wildman–Crippen LogP) is 2.81. The van der Waals surface area contributed by atoms with E-state index in [4.69, 9.17) is 0 Å². The molecule has 0 radical (unpaired) electrons. The summed E-state index contributed by atoms with van der Waals surface area (Å²) >= 11 is 0. The van der Waals surface area contributed by atoms with Gasteiger partial charge in [-0.3, -0.25) is 0 Å². The van der Waals surface area contributed by atoms with Crippen LogP contribution < -0.4 is 0 Å². The van der Waals surface area contributed by atoms with E-state index in [0.29, 0.717) is 0 Å². The molecule has 0 aliphatic carbocycles. The Morgan fingerprint density at radius 2 is 1.87 bits per heavy atom. The number of hydrogen-bond donors (Lipinski definition) is 2. The second-order valence-corrected chi connectivity index (χ2v) is 3.68. The Morgan fingerprint density at radius 1 is 1.00 bits per heavy atom. The average Bonchev–Trinajstić information content (AvgIpc) is 2.72. The van der Waals surface area contributed by atoms with Gasteiger partial charge >= 0.3 is 0 Å². The van der Waals surface area contributed by atoms with E-state index in [-0.39, 0.29) is 6.61 Å². The maximum Gasteiger partial charge on any atom is 0.0702 e. The molecule has 0 fully saturated rings. The number of aliphatic hydroxyl groups excluding tert-OH is 1. The summed E-state index contributed by atoms with van der Waals surface area (Å²) in [5.74, 6) is 0. The van der Waals surface area contributed by atoms with Gasteiger partial charge in [0.1, 0.15) is 0 Å². The third-order valence-electron chi connectivity index (χ3n) is 2.84. The van der Waals surface area contributed by atoms with Crippen LogP contribution in [0.3, 0.4) is 0 Å². The van der Waals surface area contributed by atoms with Crippen molar-refractivity contribution in [1.82, 2.24) is 4.98 Å². The Labute approximate surface area is 87.2 Å². The molecular formula is C13H11NO. The Morgan fingerprint density at radius 3 is 2.73 bits per heavy atom. The molecule has 0 aliphatic heterocycles. The van der Waals surface area contributed by atoms with Gasteiger partial charge in [0, 0.05) is 22.5 Å². The second-order valence-electron chi connectivity index (χ2n) is 3.68. The summed E-state index contributed by atoms with van der Waals surface area (Å²) in [5, 5.41) is 12.7. The molecule has 0 bridgehead atoms. The molecule has 0 amide bonds. The molecule has 0 saturated carbocycles. The SMILES string of the molecule is OCc1c[nH]c2c1ccc1ccccc12. The van der Waals surface area contributed by atoms with Crippen LogP contribution in [0.15, 0.2) is 42.6 Å². The van der Waals surface area contributed by atoms with Crippen LogP contribution in [0.5, 0.6) is 0 Å². The predicted molar refractivity (Wildman–Crippen MR) is 61.7 cm³/mol. The number of hydrogen-bond acceptors (Lipinski definition) is 1. The first kappa shape index (κ1) is 8.50. The zero-order valence-corrected chi connectivity index (χ0v) is 8.20. The van der Waals surface area contributed by atoms with Crippen molar-refractivity contribution in [3.05, 3.63) is 48.2 Å². The normalized spacial score (nSPS) is 11.3. The summed E-state index contributed by atoms with van der Waals surface area (Å²) < 4.78 is 0. The largest absolute Gasteiger partial charge is 0.392 e. The fourth-order valence-corrected chi connectivity index (χ4v) is 2.06. The molecule has 0 saturated heterocycles. The molecule has 2 aromatic carbocycles. The Hall–Kier alpha value is -1.80. The molecule has 0 aliphatic rings. The maximum absolute atomic E-state index is 9.18. The van der Waals surface area contributed by atoms with Crippen molar-refractivity contribution in [3.63, 3.8) is 0 Å². The number of H-pyrrole nitrogens is 1.